The maximum Gasteiger partial charge on any atom is 0.352 e. The summed E-state index contributed by atoms with van der Waals surface area (Å²) in [7, 11) is 0. The van der Waals surface area contributed by atoms with Crippen molar-refractivity contribution in [2.75, 3.05) is 0 Å². The van der Waals surface area contributed by atoms with Crippen molar-refractivity contribution in [3.63, 3.8) is 0 Å². The second-order valence-electron chi connectivity index (χ2n) is 6.04. The van der Waals surface area contributed by atoms with E-state index < -0.39 is 11.6 Å². The highest BCUT2D eigenvalue weighted by molar-refractivity contribution is 5.90. The topological polar surface area (TPSA) is 64.4 Å². The van der Waals surface area contributed by atoms with Crippen molar-refractivity contribution in [3.8, 4) is 17.0 Å². The lowest BCUT2D eigenvalue weighted by Gasteiger charge is -2.33. The van der Waals surface area contributed by atoms with Gasteiger partial charge in [0.1, 0.15) is 17.0 Å². The molecular weight excluding hydrogens is 268 g/mol. The minimum atomic E-state index is -0.926. The monoisotopic (exact) mass is 286 g/mol. The van der Waals surface area contributed by atoms with Crippen molar-refractivity contribution in [2.24, 2.45) is 0 Å². The molecule has 0 saturated carbocycles. The van der Waals surface area contributed by atoms with Gasteiger partial charge in [0, 0.05) is 23.4 Å². The van der Waals surface area contributed by atoms with E-state index in [1.807, 2.05) is 38.3 Å². The fourth-order valence-corrected chi connectivity index (χ4v) is 2.95. The number of rotatable bonds is 2. The lowest BCUT2D eigenvalue weighted by Crippen LogP contribution is -2.29. The first kappa shape index (κ1) is 13.7. The molecule has 1 aliphatic rings. The molecular formula is C16H18N2O3. The smallest absolute Gasteiger partial charge is 0.352 e. The molecule has 2 aromatic heterocycles. The van der Waals surface area contributed by atoms with Gasteiger partial charge in [-0.1, -0.05) is 0 Å². The highest BCUT2D eigenvalue weighted by Crippen LogP contribution is 2.46. The van der Waals surface area contributed by atoms with Gasteiger partial charge in [0.25, 0.3) is 0 Å². The number of fused-ring (bicyclic) bond motifs is 3. The van der Waals surface area contributed by atoms with E-state index >= 15 is 0 Å². The first-order valence-corrected chi connectivity index (χ1v) is 6.95. The molecule has 5 nitrogen and oxygen atoms in total. The van der Waals surface area contributed by atoms with Gasteiger partial charge in [-0.25, -0.2) is 4.79 Å². The third kappa shape index (κ3) is 1.92. The van der Waals surface area contributed by atoms with Crippen molar-refractivity contribution < 1.29 is 14.6 Å². The van der Waals surface area contributed by atoms with E-state index in [0.29, 0.717) is 5.75 Å². The lowest BCUT2D eigenvalue weighted by atomic mass is 9.91. The largest absolute Gasteiger partial charge is 0.481 e. The zero-order valence-electron chi connectivity index (χ0n) is 12.5. The van der Waals surface area contributed by atoms with E-state index in [-0.39, 0.29) is 11.7 Å². The third-order valence-corrected chi connectivity index (χ3v) is 3.83. The minimum absolute atomic E-state index is 0.0368. The third-order valence-electron chi connectivity index (χ3n) is 3.83. The summed E-state index contributed by atoms with van der Waals surface area (Å²) in [4.78, 5) is 15.7. The molecule has 0 bridgehead atoms. The Labute approximate surface area is 123 Å². The first-order valence-electron chi connectivity index (χ1n) is 6.95. The van der Waals surface area contributed by atoms with Crippen LogP contribution < -0.4 is 4.74 Å². The number of pyridine rings is 1. The standard InChI is InChI=1S/C16H18N2O3/c1-9(2)18-12(15(19)20)7-11-14(18)10-5-6-17-8-13(10)21-16(11,3)4/h5-9H,1-4H3,(H,19,20). The lowest BCUT2D eigenvalue weighted by molar-refractivity contribution is 0.0683. The predicted molar refractivity (Wildman–Crippen MR) is 78.7 cm³/mol. The second kappa shape index (κ2) is 4.35. The van der Waals surface area contributed by atoms with Gasteiger partial charge in [-0.3, -0.25) is 4.98 Å². The molecule has 5 heteroatoms. The molecule has 0 amide bonds. The zero-order chi connectivity index (χ0) is 15.4. The van der Waals surface area contributed by atoms with Crippen molar-refractivity contribution in [3.05, 3.63) is 35.8 Å². The highest BCUT2D eigenvalue weighted by Gasteiger charge is 2.38. The summed E-state index contributed by atoms with van der Waals surface area (Å²) in [6, 6.07) is 3.63. The van der Waals surface area contributed by atoms with E-state index in [9.17, 15) is 9.90 Å². The van der Waals surface area contributed by atoms with Crippen LogP contribution in [0.25, 0.3) is 11.3 Å². The van der Waals surface area contributed by atoms with Gasteiger partial charge in [-0.2, -0.15) is 0 Å². The van der Waals surface area contributed by atoms with E-state index in [4.69, 9.17) is 4.74 Å². The maximum absolute atomic E-state index is 11.6. The molecule has 110 valence electrons. The fraction of sp³-hybridized carbons (Fsp3) is 0.375. The van der Waals surface area contributed by atoms with Crippen LogP contribution in [0.3, 0.4) is 0 Å². The maximum atomic E-state index is 11.6. The van der Waals surface area contributed by atoms with Crippen LogP contribution in [-0.2, 0) is 5.60 Å². The zero-order valence-corrected chi connectivity index (χ0v) is 12.5. The Balaban J connectivity index is 2.41. The van der Waals surface area contributed by atoms with Gasteiger partial charge in [0.05, 0.1) is 11.9 Å². The SMILES string of the molecule is CC(C)n1c(C(=O)O)cc2c1-c1ccncc1OC2(C)C. The van der Waals surface area contributed by atoms with Crippen LogP contribution in [0.1, 0.15) is 49.8 Å². The average Bonchev–Trinajstić information content (AvgIpc) is 2.80. The van der Waals surface area contributed by atoms with E-state index in [1.165, 1.54) is 0 Å². The Morgan fingerprint density at radius 3 is 2.76 bits per heavy atom. The van der Waals surface area contributed by atoms with Gasteiger partial charge >= 0.3 is 5.97 Å². The van der Waals surface area contributed by atoms with Crippen LogP contribution in [0.5, 0.6) is 5.75 Å². The quantitative estimate of drug-likeness (QED) is 0.918. The summed E-state index contributed by atoms with van der Waals surface area (Å²) in [5, 5.41) is 9.51. The number of carboxylic acid groups (broad SMARTS) is 1. The summed E-state index contributed by atoms with van der Waals surface area (Å²) in [5.41, 5.74) is 2.40. The van der Waals surface area contributed by atoms with E-state index in [1.54, 1.807) is 18.5 Å². The minimum Gasteiger partial charge on any atom is -0.481 e. The first-order chi connectivity index (χ1) is 9.83. The summed E-state index contributed by atoms with van der Waals surface area (Å²) in [5.74, 6) is -0.239. The second-order valence-corrected chi connectivity index (χ2v) is 6.04. The normalized spacial score (nSPS) is 15.3. The number of aromatic nitrogens is 2. The molecule has 21 heavy (non-hydrogen) atoms. The Morgan fingerprint density at radius 1 is 1.43 bits per heavy atom. The number of hydrogen-bond acceptors (Lipinski definition) is 3. The van der Waals surface area contributed by atoms with Gasteiger partial charge in [0.15, 0.2) is 0 Å². The van der Waals surface area contributed by atoms with Crippen LogP contribution in [0, 0.1) is 0 Å². The molecule has 0 atom stereocenters. The van der Waals surface area contributed by atoms with Crippen LogP contribution in [-0.4, -0.2) is 20.6 Å². The van der Waals surface area contributed by atoms with Crippen molar-refractivity contribution in [1.82, 2.24) is 9.55 Å². The van der Waals surface area contributed by atoms with Gasteiger partial charge in [-0.05, 0) is 39.8 Å². The summed E-state index contributed by atoms with van der Waals surface area (Å²) < 4.78 is 7.87. The number of carbonyl (C=O) groups is 1. The molecule has 0 radical (unpaired) electrons. The van der Waals surface area contributed by atoms with Gasteiger partial charge < -0.3 is 14.4 Å². The molecule has 0 aromatic carbocycles. The predicted octanol–water partition coefficient (Wildman–Crippen LogP) is 3.46. The number of aromatic carboxylic acids is 1. The average molecular weight is 286 g/mol. The molecule has 0 unspecified atom stereocenters. The Bertz CT molecular complexity index is 729. The Hall–Kier alpha value is -2.30. The molecule has 3 rings (SSSR count). The molecule has 0 saturated heterocycles. The molecule has 0 fully saturated rings. The number of ether oxygens (including phenoxy) is 1. The molecule has 3 heterocycles. The van der Waals surface area contributed by atoms with Crippen LogP contribution in [0.2, 0.25) is 0 Å². The molecule has 1 aliphatic heterocycles. The summed E-state index contributed by atoms with van der Waals surface area (Å²) in [6.07, 6.45) is 3.38. The van der Waals surface area contributed by atoms with Crippen LogP contribution in [0.15, 0.2) is 24.5 Å². The molecule has 0 aliphatic carbocycles. The Morgan fingerprint density at radius 2 is 2.14 bits per heavy atom. The van der Waals surface area contributed by atoms with Crippen molar-refractivity contribution >= 4 is 5.97 Å². The number of nitrogens with zero attached hydrogens (tertiary/aromatic N) is 2. The summed E-state index contributed by atoms with van der Waals surface area (Å²) >= 11 is 0. The highest BCUT2D eigenvalue weighted by atomic mass is 16.5. The number of carboxylic acids is 1. The fourth-order valence-electron chi connectivity index (χ4n) is 2.95. The van der Waals surface area contributed by atoms with Crippen LogP contribution in [0.4, 0.5) is 0 Å². The van der Waals surface area contributed by atoms with E-state index in [2.05, 4.69) is 4.98 Å². The van der Waals surface area contributed by atoms with Crippen LogP contribution >= 0.6 is 0 Å². The van der Waals surface area contributed by atoms with Gasteiger partial charge in [-0.15, -0.1) is 0 Å². The van der Waals surface area contributed by atoms with E-state index in [0.717, 1.165) is 16.8 Å². The molecule has 2 aromatic rings. The number of hydrogen-bond donors (Lipinski definition) is 1. The Kier molecular flexibility index (Phi) is 2.83. The van der Waals surface area contributed by atoms with Gasteiger partial charge in [0.2, 0.25) is 0 Å². The molecule has 0 spiro atoms. The van der Waals surface area contributed by atoms with Crippen molar-refractivity contribution in [2.45, 2.75) is 39.3 Å². The summed E-state index contributed by atoms with van der Waals surface area (Å²) in [6.45, 7) is 7.85. The van der Waals surface area contributed by atoms with Crippen molar-refractivity contribution in [1.29, 1.82) is 0 Å². The molecule has 1 N–H and O–H groups in total.